The van der Waals surface area contributed by atoms with Crippen LogP contribution in [-0.4, -0.2) is 15.0 Å². The summed E-state index contributed by atoms with van der Waals surface area (Å²) in [6, 6.07) is 65.1. The van der Waals surface area contributed by atoms with Gasteiger partial charge in [-0.25, -0.2) is 15.0 Å². The van der Waals surface area contributed by atoms with Crippen molar-refractivity contribution in [3.8, 4) is 56.4 Å². The Morgan fingerprint density at radius 2 is 0.845 bits per heavy atom. The van der Waals surface area contributed by atoms with Gasteiger partial charge in [-0.2, -0.15) is 0 Å². The van der Waals surface area contributed by atoms with Crippen LogP contribution in [0.2, 0.25) is 0 Å². The van der Waals surface area contributed by atoms with Crippen molar-refractivity contribution in [3.05, 3.63) is 188 Å². The molecule has 12 aromatic rings. The molecule has 0 atom stereocenters. The molecule has 3 heterocycles. The van der Waals surface area contributed by atoms with Crippen molar-refractivity contribution in [1.29, 1.82) is 0 Å². The molecular formula is C53H31N3O2. The maximum absolute atomic E-state index is 6.70. The second-order valence-electron chi connectivity index (χ2n) is 14.7. The monoisotopic (exact) mass is 741 g/mol. The molecule has 3 aromatic heterocycles. The lowest BCUT2D eigenvalue weighted by atomic mass is 9.95. The summed E-state index contributed by atoms with van der Waals surface area (Å²) in [5.74, 6) is 1.74. The Morgan fingerprint density at radius 3 is 1.62 bits per heavy atom. The molecule has 0 aliphatic heterocycles. The van der Waals surface area contributed by atoms with E-state index in [1.54, 1.807) is 0 Å². The third-order valence-electron chi connectivity index (χ3n) is 11.3. The van der Waals surface area contributed by atoms with Gasteiger partial charge in [0.25, 0.3) is 0 Å². The van der Waals surface area contributed by atoms with E-state index >= 15 is 0 Å². The highest BCUT2D eigenvalue weighted by Crippen LogP contribution is 2.43. The van der Waals surface area contributed by atoms with Gasteiger partial charge in [-0.1, -0.05) is 152 Å². The van der Waals surface area contributed by atoms with Crippen LogP contribution in [0.4, 0.5) is 0 Å². The molecule has 0 aliphatic rings. The van der Waals surface area contributed by atoms with Gasteiger partial charge in [0.15, 0.2) is 17.5 Å². The lowest BCUT2D eigenvalue weighted by Gasteiger charge is -2.12. The zero-order valence-corrected chi connectivity index (χ0v) is 31.1. The lowest BCUT2D eigenvalue weighted by molar-refractivity contribution is 0.669. The standard InChI is InChI=1S/C53H31N3O2/c1-3-13-32(14-4-1)34-25-26-36-30-37(28-27-35(36)29-34)51-54-52(42-21-12-23-46-49(42)41-19-9-10-22-45(41)57-46)56-53(55-51)43-31-44-48-38(33-15-5-2-6-16-33)20-11-24-47(48)58-50(44)40-18-8-7-17-39(40)43/h1-31H. The first-order valence-electron chi connectivity index (χ1n) is 19.4. The van der Waals surface area contributed by atoms with Crippen LogP contribution in [0.15, 0.2) is 197 Å². The first-order valence-corrected chi connectivity index (χ1v) is 19.4. The van der Waals surface area contributed by atoms with E-state index in [2.05, 4.69) is 140 Å². The van der Waals surface area contributed by atoms with Crippen LogP contribution in [0.1, 0.15) is 0 Å². The van der Waals surface area contributed by atoms with Crippen molar-refractivity contribution in [1.82, 2.24) is 15.0 Å². The highest BCUT2D eigenvalue weighted by atomic mass is 16.3. The molecule has 5 heteroatoms. The molecule has 0 spiro atoms. The van der Waals surface area contributed by atoms with E-state index in [0.29, 0.717) is 17.5 Å². The predicted molar refractivity (Wildman–Crippen MR) is 237 cm³/mol. The second-order valence-corrected chi connectivity index (χ2v) is 14.7. The Morgan fingerprint density at radius 1 is 0.293 bits per heavy atom. The van der Waals surface area contributed by atoms with Crippen molar-refractivity contribution in [2.24, 2.45) is 0 Å². The van der Waals surface area contributed by atoms with Gasteiger partial charge in [0.2, 0.25) is 0 Å². The van der Waals surface area contributed by atoms with E-state index in [0.717, 1.165) is 93.2 Å². The van der Waals surface area contributed by atoms with Gasteiger partial charge in [-0.05, 0) is 74.8 Å². The van der Waals surface area contributed by atoms with E-state index in [1.165, 1.54) is 11.1 Å². The fraction of sp³-hybridized carbons (Fsp3) is 0. The Labute approximate surface area is 332 Å². The highest BCUT2D eigenvalue weighted by molar-refractivity contribution is 6.22. The van der Waals surface area contributed by atoms with Gasteiger partial charge in [0.1, 0.15) is 22.3 Å². The van der Waals surface area contributed by atoms with Gasteiger partial charge in [-0.3, -0.25) is 0 Å². The molecule has 0 saturated carbocycles. The summed E-state index contributed by atoms with van der Waals surface area (Å²) in [5.41, 5.74) is 10.6. The molecule has 5 nitrogen and oxygen atoms in total. The number of hydrogen-bond acceptors (Lipinski definition) is 5. The number of furan rings is 2. The average molecular weight is 742 g/mol. The molecule has 0 unspecified atom stereocenters. The van der Waals surface area contributed by atoms with Crippen molar-refractivity contribution in [2.75, 3.05) is 0 Å². The maximum Gasteiger partial charge on any atom is 0.164 e. The van der Waals surface area contributed by atoms with Crippen LogP contribution < -0.4 is 0 Å². The molecule has 270 valence electrons. The summed E-state index contributed by atoms with van der Waals surface area (Å²) in [5, 5.41) is 8.30. The highest BCUT2D eigenvalue weighted by Gasteiger charge is 2.22. The average Bonchev–Trinajstić information content (AvgIpc) is 3.88. The van der Waals surface area contributed by atoms with Crippen LogP contribution in [0.3, 0.4) is 0 Å². The molecule has 0 N–H and O–H groups in total. The number of hydrogen-bond donors (Lipinski definition) is 0. The Bertz CT molecular complexity index is 3570. The number of nitrogens with zero attached hydrogens (tertiary/aromatic N) is 3. The molecule has 0 aliphatic carbocycles. The Balaban J connectivity index is 1.13. The number of para-hydroxylation sites is 1. The first kappa shape index (κ1) is 32.4. The fourth-order valence-electron chi connectivity index (χ4n) is 8.59. The Kier molecular flexibility index (Phi) is 7.16. The quantitative estimate of drug-likeness (QED) is 0.176. The van der Waals surface area contributed by atoms with Crippen molar-refractivity contribution in [2.45, 2.75) is 0 Å². The van der Waals surface area contributed by atoms with Gasteiger partial charge >= 0.3 is 0 Å². The number of aromatic nitrogens is 3. The van der Waals surface area contributed by atoms with E-state index in [1.807, 2.05) is 48.5 Å². The molecule has 0 fully saturated rings. The fourth-order valence-corrected chi connectivity index (χ4v) is 8.59. The minimum absolute atomic E-state index is 0.572. The second kappa shape index (κ2) is 12.8. The summed E-state index contributed by atoms with van der Waals surface area (Å²) >= 11 is 0. The van der Waals surface area contributed by atoms with E-state index in [4.69, 9.17) is 23.8 Å². The van der Waals surface area contributed by atoms with Crippen LogP contribution in [0.25, 0.3) is 122 Å². The summed E-state index contributed by atoms with van der Waals surface area (Å²) in [7, 11) is 0. The molecule has 0 amide bonds. The minimum Gasteiger partial charge on any atom is -0.456 e. The third-order valence-corrected chi connectivity index (χ3v) is 11.3. The first-order chi connectivity index (χ1) is 28.7. The maximum atomic E-state index is 6.70. The van der Waals surface area contributed by atoms with Gasteiger partial charge in [-0.15, -0.1) is 0 Å². The van der Waals surface area contributed by atoms with Crippen LogP contribution in [0, 0.1) is 0 Å². The summed E-state index contributed by atoms with van der Waals surface area (Å²) < 4.78 is 13.0. The largest absolute Gasteiger partial charge is 0.456 e. The normalized spacial score (nSPS) is 11.8. The molecule has 58 heavy (non-hydrogen) atoms. The van der Waals surface area contributed by atoms with Crippen LogP contribution in [-0.2, 0) is 0 Å². The third kappa shape index (κ3) is 5.14. The summed E-state index contributed by atoms with van der Waals surface area (Å²) in [6.07, 6.45) is 0. The molecule has 12 rings (SSSR count). The van der Waals surface area contributed by atoms with Crippen molar-refractivity contribution >= 4 is 65.4 Å². The van der Waals surface area contributed by atoms with E-state index in [-0.39, 0.29) is 0 Å². The topological polar surface area (TPSA) is 65.0 Å². The minimum atomic E-state index is 0.572. The van der Waals surface area contributed by atoms with E-state index < -0.39 is 0 Å². The molecule has 9 aromatic carbocycles. The van der Waals surface area contributed by atoms with Crippen molar-refractivity contribution < 1.29 is 8.83 Å². The number of rotatable bonds is 5. The zero-order valence-electron chi connectivity index (χ0n) is 31.1. The van der Waals surface area contributed by atoms with Gasteiger partial charge in [0.05, 0.1) is 0 Å². The predicted octanol–water partition coefficient (Wildman–Crippen LogP) is 14.3. The van der Waals surface area contributed by atoms with Crippen LogP contribution >= 0.6 is 0 Å². The molecular weight excluding hydrogens is 711 g/mol. The van der Waals surface area contributed by atoms with E-state index in [9.17, 15) is 0 Å². The molecule has 0 saturated heterocycles. The Hall–Kier alpha value is -7.89. The molecule has 0 bridgehead atoms. The van der Waals surface area contributed by atoms with Gasteiger partial charge < -0.3 is 8.83 Å². The van der Waals surface area contributed by atoms with Crippen LogP contribution in [0.5, 0.6) is 0 Å². The summed E-state index contributed by atoms with van der Waals surface area (Å²) in [6.45, 7) is 0. The smallest absolute Gasteiger partial charge is 0.164 e. The van der Waals surface area contributed by atoms with Gasteiger partial charge in [0, 0.05) is 43.6 Å². The molecule has 0 radical (unpaired) electrons. The lowest BCUT2D eigenvalue weighted by Crippen LogP contribution is -2.01. The van der Waals surface area contributed by atoms with Crippen molar-refractivity contribution in [3.63, 3.8) is 0 Å². The summed E-state index contributed by atoms with van der Waals surface area (Å²) in [4.78, 5) is 15.9. The zero-order chi connectivity index (χ0) is 38.2. The number of benzene rings is 9. The SMILES string of the molecule is c1ccc(-c2ccc3cc(-c4nc(-c5cc6c(oc7cccc(-c8ccccc8)c76)c6ccccc56)nc(-c5cccc6oc7ccccc7c56)n4)ccc3c2)cc1. The number of fused-ring (bicyclic) bond motifs is 9.